The molecular weight excluding hydrogens is 863 g/mol. The van der Waals surface area contributed by atoms with Gasteiger partial charge in [0.05, 0.1) is 25.4 Å². The highest BCUT2D eigenvalue weighted by Crippen LogP contribution is 2.17. The number of carbonyl (C=O) groups excluding carboxylic acids is 2. The monoisotopic (exact) mass is 984 g/mol. The van der Waals surface area contributed by atoms with Crippen LogP contribution in [0.5, 0.6) is 0 Å². The summed E-state index contributed by atoms with van der Waals surface area (Å²) in [7, 11) is 0. The molecule has 6 heteroatoms. The number of ether oxygens (including phenoxy) is 1. The molecule has 1 amide bonds. The van der Waals surface area contributed by atoms with Crippen LogP contribution in [0.1, 0.15) is 335 Å². The van der Waals surface area contributed by atoms with Crippen LogP contribution in [0.25, 0.3) is 0 Å². The Bertz CT molecular complexity index is 1130. The zero-order valence-electron chi connectivity index (χ0n) is 47.0. The smallest absolute Gasteiger partial charge is 0.305 e. The van der Waals surface area contributed by atoms with E-state index in [4.69, 9.17) is 4.74 Å². The highest BCUT2D eigenvalue weighted by atomic mass is 16.5. The predicted octanol–water partition coefficient (Wildman–Crippen LogP) is 19.6. The first kappa shape index (κ1) is 68.1. The van der Waals surface area contributed by atoms with Crippen molar-refractivity contribution in [3.63, 3.8) is 0 Å². The molecule has 3 N–H and O–H groups in total. The lowest BCUT2D eigenvalue weighted by molar-refractivity contribution is -0.143. The Hall–Kier alpha value is -1.92. The zero-order chi connectivity index (χ0) is 50.7. The number of esters is 1. The van der Waals surface area contributed by atoms with Crippen LogP contribution in [0, 0.1) is 0 Å². The van der Waals surface area contributed by atoms with Crippen LogP contribution in [0.15, 0.2) is 36.5 Å². The molecule has 0 aliphatic rings. The molecule has 0 aliphatic heterocycles. The lowest BCUT2D eigenvalue weighted by Crippen LogP contribution is -2.45. The molecular formula is C64H121NO5. The number of allylic oxidation sites excluding steroid dienone is 5. The summed E-state index contributed by atoms with van der Waals surface area (Å²) < 4.78 is 5.48. The van der Waals surface area contributed by atoms with Crippen molar-refractivity contribution in [3.8, 4) is 0 Å². The predicted molar refractivity (Wildman–Crippen MR) is 306 cm³/mol. The van der Waals surface area contributed by atoms with E-state index in [1.165, 1.54) is 263 Å². The van der Waals surface area contributed by atoms with Crippen LogP contribution in [-0.2, 0) is 14.3 Å². The van der Waals surface area contributed by atoms with Crippen molar-refractivity contribution < 1.29 is 24.5 Å². The first-order valence-corrected chi connectivity index (χ1v) is 31.3. The summed E-state index contributed by atoms with van der Waals surface area (Å²) in [5.74, 6) is -0.0619. The highest BCUT2D eigenvalue weighted by molar-refractivity contribution is 5.76. The number of carbonyl (C=O) groups is 2. The van der Waals surface area contributed by atoms with Crippen molar-refractivity contribution in [2.75, 3.05) is 13.2 Å². The van der Waals surface area contributed by atoms with Crippen LogP contribution in [0.3, 0.4) is 0 Å². The molecule has 0 heterocycles. The van der Waals surface area contributed by atoms with Gasteiger partial charge in [0, 0.05) is 12.8 Å². The first-order valence-electron chi connectivity index (χ1n) is 31.3. The van der Waals surface area contributed by atoms with Crippen LogP contribution in [0.2, 0.25) is 0 Å². The zero-order valence-corrected chi connectivity index (χ0v) is 47.0. The van der Waals surface area contributed by atoms with Gasteiger partial charge in [0.25, 0.3) is 0 Å². The SMILES string of the molecule is CCCCCCC/C=C\CCCCCCCC(=O)OCCCCCCCCCCCCCC/C=C\CCCCCCCCCCCCCCC(=O)NC(CO)C(O)/C=C/CCCCCCCCCCC. The number of aliphatic hydroxyl groups is 2. The second-order valence-electron chi connectivity index (χ2n) is 21.4. The van der Waals surface area contributed by atoms with E-state index < -0.39 is 12.1 Å². The van der Waals surface area contributed by atoms with Crippen LogP contribution in [0.4, 0.5) is 0 Å². The average Bonchev–Trinajstić information content (AvgIpc) is 3.36. The summed E-state index contributed by atoms with van der Waals surface area (Å²) in [6.45, 7) is 4.89. The number of hydrogen-bond acceptors (Lipinski definition) is 5. The second-order valence-corrected chi connectivity index (χ2v) is 21.4. The number of aliphatic hydroxyl groups excluding tert-OH is 2. The normalized spacial score (nSPS) is 12.8. The van der Waals surface area contributed by atoms with Gasteiger partial charge >= 0.3 is 5.97 Å². The van der Waals surface area contributed by atoms with Gasteiger partial charge in [-0.2, -0.15) is 0 Å². The summed E-state index contributed by atoms with van der Waals surface area (Å²) in [6, 6.07) is -0.626. The van der Waals surface area contributed by atoms with Crippen molar-refractivity contribution in [2.24, 2.45) is 0 Å². The highest BCUT2D eigenvalue weighted by Gasteiger charge is 2.18. The molecule has 2 atom stereocenters. The van der Waals surface area contributed by atoms with Gasteiger partial charge in [0.2, 0.25) is 5.91 Å². The molecule has 0 aliphatic carbocycles. The second kappa shape index (κ2) is 59.6. The summed E-state index contributed by atoms with van der Waals surface area (Å²) in [5, 5.41) is 23.0. The van der Waals surface area contributed by atoms with E-state index in [1.807, 2.05) is 6.08 Å². The van der Waals surface area contributed by atoms with Crippen molar-refractivity contribution in [2.45, 2.75) is 347 Å². The van der Waals surface area contributed by atoms with Gasteiger partial charge in [-0.25, -0.2) is 0 Å². The molecule has 0 aromatic carbocycles. The van der Waals surface area contributed by atoms with Crippen molar-refractivity contribution in [1.82, 2.24) is 5.32 Å². The van der Waals surface area contributed by atoms with E-state index in [2.05, 4.69) is 43.5 Å². The van der Waals surface area contributed by atoms with Gasteiger partial charge in [-0.3, -0.25) is 9.59 Å². The topological polar surface area (TPSA) is 95.9 Å². The van der Waals surface area contributed by atoms with Gasteiger partial charge < -0.3 is 20.3 Å². The van der Waals surface area contributed by atoms with Crippen molar-refractivity contribution in [1.29, 1.82) is 0 Å². The number of rotatable bonds is 58. The Morgan fingerprint density at radius 2 is 0.671 bits per heavy atom. The van der Waals surface area contributed by atoms with E-state index in [0.29, 0.717) is 19.4 Å². The van der Waals surface area contributed by atoms with E-state index in [-0.39, 0.29) is 18.5 Å². The molecule has 412 valence electrons. The summed E-state index contributed by atoms with van der Waals surface area (Å²) in [6.07, 6.45) is 74.8. The van der Waals surface area contributed by atoms with Crippen LogP contribution >= 0.6 is 0 Å². The van der Waals surface area contributed by atoms with E-state index >= 15 is 0 Å². The Morgan fingerprint density at radius 1 is 0.386 bits per heavy atom. The standard InChI is InChI=1S/C64H121NO5/c1-3-5-7-9-11-13-15-16-34-38-42-46-50-54-58-64(69)70-59-55-51-47-43-39-35-32-30-28-26-24-22-20-18-17-19-21-23-25-27-29-31-33-37-41-45-49-53-57-63(68)65-61(60-66)62(67)56-52-48-44-40-36-14-12-10-8-6-4-2/h15-18,52,56,61-62,66-67H,3-14,19-51,53-55,57-60H2,1-2H3,(H,65,68)/b16-15-,18-17-,56-52+. The number of hydrogen-bond donors (Lipinski definition) is 3. The fourth-order valence-corrected chi connectivity index (χ4v) is 9.57. The Labute approximate surface area is 436 Å². The molecule has 6 nitrogen and oxygen atoms in total. The molecule has 0 aromatic heterocycles. The minimum atomic E-state index is -0.843. The van der Waals surface area contributed by atoms with Crippen molar-refractivity contribution >= 4 is 11.9 Å². The van der Waals surface area contributed by atoms with Gasteiger partial charge in [0.15, 0.2) is 0 Å². The molecule has 0 bridgehead atoms. The fourth-order valence-electron chi connectivity index (χ4n) is 9.57. The van der Waals surface area contributed by atoms with Crippen molar-refractivity contribution in [3.05, 3.63) is 36.5 Å². The molecule has 70 heavy (non-hydrogen) atoms. The number of unbranched alkanes of at least 4 members (excludes halogenated alkanes) is 43. The van der Waals surface area contributed by atoms with Gasteiger partial charge in [-0.1, -0.05) is 275 Å². The Morgan fingerprint density at radius 3 is 1.01 bits per heavy atom. The third kappa shape index (κ3) is 55.4. The van der Waals surface area contributed by atoms with E-state index in [0.717, 1.165) is 44.9 Å². The molecule has 0 radical (unpaired) electrons. The van der Waals surface area contributed by atoms with Crippen LogP contribution in [-0.4, -0.2) is 47.4 Å². The third-order valence-electron chi connectivity index (χ3n) is 14.4. The minimum Gasteiger partial charge on any atom is -0.466 e. The molecule has 0 rings (SSSR count). The van der Waals surface area contributed by atoms with E-state index in [9.17, 15) is 19.8 Å². The average molecular weight is 985 g/mol. The number of nitrogens with one attached hydrogen (secondary N) is 1. The molecule has 0 spiro atoms. The summed E-state index contributed by atoms with van der Waals surface area (Å²) in [5.41, 5.74) is 0. The van der Waals surface area contributed by atoms with Gasteiger partial charge in [-0.05, 0) is 83.5 Å². The Kier molecular flexibility index (Phi) is 58.0. The van der Waals surface area contributed by atoms with Gasteiger partial charge in [-0.15, -0.1) is 0 Å². The van der Waals surface area contributed by atoms with Crippen LogP contribution < -0.4 is 5.32 Å². The largest absolute Gasteiger partial charge is 0.466 e. The molecule has 0 aromatic rings. The lowest BCUT2D eigenvalue weighted by atomic mass is 10.0. The van der Waals surface area contributed by atoms with Gasteiger partial charge in [0.1, 0.15) is 0 Å². The maximum absolute atomic E-state index is 12.4. The number of amides is 1. The molecule has 2 unspecified atom stereocenters. The maximum Gasteiger partial charge on any atom is 0.305 e. The summed E-state index contributed by atoms with van der Waals surface area (Å²) in [4.78, 5) is 24.5. The first-order chi connectivity index (χ1) is 34.5. The molecule has 0 saturated heterocycles. The summed E-state index contributed by atoms with van der Waals surface area (Å²) >= 11 is 0. The lowest BCUT2D eigenvalue weighted by Gasteiger charge is -2.20. The molecule has 0 saturated carbocycles. The fraction of sp³-hybridized carbons (Fsp3) is 0.875. The third-order valence-corrected chi connectivity index (χ3v) is 14.4. The molecule has 0 fully saturated rings. The maximum atomic E-state index is 12.4. The quantitative estimate of drug-likeness (QED) is 0.0321. The Balaban J connectivity index is 3.38. The minimum absolute atomic E-state index is 0.00676. The van der Waals surface area contributed by atoms with E-state index in [1.54, 1.807) is 6.08 Å².